The van der Waals surface area contributed by atoms with E-state index in [1.165, 1.54) is 6.92 Å². The van der Waals surface area contributed by atoms with Gasteiger partial charge in [-0.15, -0.1) is 0 Å². The molecule has 0 radical (unpaired) electrons. The van der Waals surface area contributed by atoms with E-state index in [9.17, 15) is 24.0 Å². The average Bonchev–Trinajstić information content (AvgIpc) is 3.57. The van der Waals surface area contributed by atoms with Gasteiger partial charge in [0.1, 0.15) is 24.2 Å². The fraction of sp³-hybridized carbons (Fsp3) is 0.268. The maximum Gasteiger partial charge on any atom is 0.243 e. The number of nitrogens with zero attached hydrogens (tertiary/aromatic N) is 1. The molecule has 0 fully saturated rings. The Hall–Kier alpha value is -6.70. The van der Waals surface area contributed by atoms with Crippen LogP contribution in [0.5, 0.6) is 0 Å². The second kappa shape index (κ2) is 18.9. The fourth-order valence-electron chi connectivity index (χ4n) is 6.54. The second-order valence-electron chi connectivity index (χ2n) is 13.4. The topological polar surface area (TPSA) is 240 Å². The SMILES string of the molecule is CC(=O)N[C@H](Cc1cccc2ccccc12)C(=O)N[C@H](Cc1c[nH]c2ccccc12)C(=O)N[C@@H](Cc1ccccc1)C(=O)N[C@@H](CCCN=C(N)N)C(N)=O. The van der Waals surface area contributed by atoms with Gasteiger partial charge in [0.2, 0.25) is 29.5 Å². The molecule has 5 amide bonds. The van der Waals surface area contributed by atoms with Gasteiger partial charge in [0.15, 0.2) is 5.96 Å². The quantitative estimate of drug-likeness (QED) is 0.0376. The number of H-pyrrole nitrogens is 1. The summed E-state index contributed by atoms with van der Waals surface area (Å²) in [6, 6.07) is 25.7. The minimum Gasteiger partial charge on any atom is -0.370 e. The maximum absolute atomic E-state index is 14.4. The summed E-state index contributed by atoms with van der Waals surface area (Å²) in [7, 11) is 0. The molecule has 55 heavy (non-hydrogen) atoms. The molecule has 0 aliphatic carbocycles. The van der Waals surface area contributed by atoms with Crippen LogP contribution in [-0.4, -0.2) is 71.2 Å². The molecule has 5 rings (SSSR count). The van der Waals surface area contributed by atoms with Crippen LogP contribution >= 0.6 is 0 Å². The first kappa shape index (κ1) is 39.5. The number of aromatic nitrogens is 1. The van der Waals surface area contributed by atoms with Crippen molar-refractivity contribution in [2.75, 3.05) is 6.54 Å². The van der Waals surface area contributed by atoms with Gasteiger partial charge < -0.3 is 43.5 Å². The zero-order valence-corrected chi connectivity index (χ0v) is 30.6. The highest BCUT2D eigenvalue weighted by atomic mass is 16.2. The Labute approximate surface area is 318 Å². The summed E-state index contributed by atoms with van der Waals surface area (Å²) in [6.45, 7) is 1.55. The minimum atomic E-state index is -1.19. The molecule has 14 nitrogen and oxygen atoms in total. The Balaban J connectivity index is 1.43. The van der Waals surface area contributed by atoms with E-state index >= 15 is 0 Å². The first-order valence-corrected chi connectivity index (χ1v) is 18.1. The number of carbonyl (C=O) groups is 5. The van der Waals surface area contributed by atoms with Crippen molar-refractivity contribution in [3.63, 3.8) is 0 Å². The van der Waals surface area contributed by atoms with Crippen molar-refractivity contribution in [2.45, 2.75) is 63.2 Å². The number of fused-ring (bicyclic) bond motifs is 2. The molecule has 4 atom stereocenters. The Bertz CT molecular complexity index is 2160. The van der Waals surface area contributed by atoms with E-state index in [0.29, 0.717) is 6.42 Å². The van der Waals surface area contributed by atoms with Crippen molar-refractivity contribution in [3.8, 4) is 0 Å². The third kappa shape index (κ3) is 11.2. The predicted octanol–water partition coefficient (Wildman–Crippen LogP) is 1.85. The summed E-state index contributed by atoms with van der Waals surface area (Å²) in [5.41, 5.74) is 19.6. The lowest BCUT2D eigenvalue weighted by atomic mass is 9.97. The normalized spacial score (nSPS) is 13.2. The van der Waals surface area contributed by atoms with E-state index in [2.05, 4.69) is 31.2 Å². The fourth-order valence-corrected chi connectivity index (χ4v) is 6.54. The number of nitrogens with two attached hydrogens (primary N) is 3. The molecule has 0 aliphatic heterocycles. The van der Waals surface area contributed by atoms with Crippen LogP contribution < -0.4 is 38.5 Å². The largest absolute Gasteiger partial charge is 0.370 e. The van der Waals surface area contributed by atoms with Crippen molar-refractivity contribution in [3.05, 3.63) is 120 Å². The molecule has 11 N–H and O–H groups in total. The maximum atomic E-state index is 14.4. The van der Waals surface area contributed by atoms with Crippen LogP contribution in [0.2, 0.25) is 0 Å². The number of hydrogen-bond acceptors (Lipinski definition) is 6. The van der Waals surface area contributed by atoms with E-state index in [4.69, 9.17) is 17.2 Å². The number of para-hydroxylation sites is 1. The van der Waals surface area contributed by atoms with Crippen molar-refractivity contribution >= 4 is 57.2 Å². The highest BCUT2D eigenvalue weighted by Crippen LogP contribution is 2.22. The number of nitrogens with one attached hydrogen (secondary N) is 5. The third-order valence-electron chi connectivity index (χ3n) is 9.25. The van der Waals surface area contributed by atoms with E-state index in [-0.39, 0.29) is 38.2 Å². The number of rotatable bonds is 18. The number of hydrogen-bond donors (Lipinski definition) is 8. The van der Waals surface area contributed by atoms with Gasteiger partial charge in [-0.2, -0.15) is 0 Å². The molecule has 1 aromatic heterocycles. The molecule has 0 spiro atoms. The summed E-state index contributed by atoms with van der Waals surface area (Å²) < 4.78 is 0. The van der Waals surface area contributed by atoms with Crippen LogP contribution in [0.3, 0.4) is 0 Å². The molecule has 0 aliphatic rings. The predicted molar refractivity (Wildman–Crippen MR) is 212 cm³/mol. The molecule has 0 saturated carbocycles. The third-order valence-corrected chi connectivity index (χ3v) is 9.25. The lowest BCUT2D eigenvalue weighted by Gasteiger charge is -2.26. The number of carbonyl (C=O) groups excluding carboxylic acids is 5. The molecule has 5 aromatic rings. The van der Waals surface area contributed by atoms with E-state index < -0.39 is 53.7 Å². The second-order valence-corrected chi connectivity index (χ2v) is 13.4. The van der Waals surface area contributed by atoms with E-state index in [0.717, 1.165) is 38.4 Å². The molecule has 286 valence electrons. The Morgan fingerprint density at radius 3 is 1.85 bits per heavy atom. The van der Waals surface area contributed by atoms with Gasteiger partial charge in [0.25, 0.3) is 0 Å². The van der Waals surface area contributed by atoms with Gasteiger partial charge >= 0.3 is 0 Å². The number of benzene rings is 4. The van der Waals surface area contributed by atoms with Gasteiger partial charge in [0.05, 0.1) is 0 Å². The van der Waals surface area contributed by atoms with Crippen LogP contribution in [0.1, 0.15) is 36.5 Å². The van der Waals surface area contributed by atoms with Crippen LogP contribution in [0.15, 0.2) is 108 Å². The van der Waals surface area contributed by atoms with Gasteiger partial charge in [-0.25, -0.2) is 0 Å². The Morgan fingerprint density at radius 1 is 0.618 bits per heavy atom. The smallest absolute Gasteiger partial charge is 0.243 e. The van der Waals surface area contributed by atoms with Crippen LogP contribution in [0.25, 0.3) is 21.7 Å². The lowest BCUT2D eigenvalue weighted by molar-refractivity contribution is -0.134. The lowest BCUT2D eigenvalue weighted by Crippen LogP contribution is -2.59. The average molecular weight is 746 g/mol. The number of primary amides is 1. The Kier molecular flexibility index (Phi) is 13.6. The van der Waals surface area contributed by atoms with Gasteiger partial charge in [-0.1, -0.05) is 91.0 Å². The molecule has 0 unspecified atom stereocenters. The van der Waals surface area contributed by atoms with Crippen LogP contribution in [-0.2, 0) is 43.2 Å². The summed E-state index contributed by atoms with van der Waals surface area (Å²) >= 11 is 0. The number of aliphatic imine (C=N–C) groups is 1. The van der Waals surface area contributed by atoms with Crippen LogP contribution in [0, 0.1) is 0 Å². The molecule has 1 heterocycles. The minimum absolute atomic E-state index is 0.0526. The van der Waals surface area contributed by atoms with Crippen molar-refractivity contribution < 1.29 is 24.0 Å². The number of guanidine groups is 1. The van der Waals surface area contributed by atoms with Gasteiger partial charge in [-0.05, 0) is 46.4 Å². The standard InChI is InChI=1S/C41H47N9O5/c1-25(51)47-35(22-28-15-9-14-27-13-5-6-16-30(27)28)39(54)50-36(23-29-24-46-32-18-8-7-17-31(29)32)40(55)49-34(21-26-11-3-2-4-12-26)38(53)48-33(37(42)52)19-10-20-45-41(43)44/h2-9,11-18,24,33-36,46H,10,19-23H2,1H3,(H2,42,52)(H,47,51)(H,48,53)(H,49,55)(H,50,54)(H4,43,44,45)/t33-,34-,35+,36+/m0/s1. The number of aromatic amines is 1. The molecular formula is C41H47N9O5. The number of amides is 5. The summed E-state index contributed by atoms with van der Waals surface area (Å²) in [5.74, 6) is -3.15. The summed E-state index contributed by atoms with van der Waals surface area (Å²) in [6.07, 6.45) is 2.56. The van der Waals surface area contributed by atoms with E-state index in [1.807, 2.05) is 84.9 Å². The van der Waals surface area contributed by atoms with Gasteiger partial charge in [0, 0.05) is 49.8 Å². The van der Waals surface area contributed by atoms with Crippen LogP contribution in [0.4, 0.5) is 0 Å². The zero-order valence-electron chi connectivity index (χ0n) is 30.6. The van der Waals surface area contributed by atoms with Crippen molar-refractivity contribution in [1.29, 1.82) is 0 Å². The van der Waals surface area contributed by atoms with Crippen molar-refractivity contribution in [1.82, 2.24) is 26.3 Å². The molecule has 0 saturated heterocycles. The molecule has 4 aromatic carbocycles. The zero-order chi connectivity index (χ0) is 39.3. The molecule has 0 bridgehead atoms. The van der Waals surface area contributed by atoms with E-state index in [1.54, 1.807) is 18.3 Å². The Morgan fingerprint density at radius 2 is 1.18 bits per heavy atom. The molecule has 14 heteroatoms. The van der Waals surface area contributed by atoms with Gasteiger partial charge in [-0.3, -0.25) is 29.0 Å². The first-order chi connectivity index (χ1) is 26.5. The highest BCUT2D eigenvalue weighted by Gasteiger charge is 2.32. The van der Waals surface area contributed by atoms with Crippen molar-refractivity contribution in [2.24, 2.45) is 22.2 Å². The highest BCUT2D eigenvalue weighted by molar-refractivity contribution is 5.96. The monoisotopic (exact) mass is 745 g/mol. The summed E-state index contributed by atoms with van der Waals surface area (Å²) in [4.78, 5) is 74.3. The summed E-state index contributed by atoms with van der Waals surface area (Å²) in [5, 5.41) is 13.9. The molecular weight excluding hydrogens is 699 g/mol. The first-order valence-electron chi connectivity index (χ1n) is 18.1.